The minimum atomic E-state index is 0.0745. The number of hydrogen-bond donors (Lipinski definition) is 0. The number of anilines is 1. The summed E-state index contributed by atoms with van der Waals surface area (Å²) < 4.78 is 0.683. The molecule has 1 aliphatic carbocycles. The van der Waals surface area contributed by atoms with Gasteiger partial charge in [-0.05, 0) is 62.5 Å². The molecule has 1 amide bonds. The second-order valence-corrected chi connectivity index (χ2v) is 9.35. The second-order valence-electron chi connectivity index (χ2n) is 6.64. The molecule has 0 bridgehead atoms. The van der Waals surface area contributed by atoms with Crippen LogP contribution in [0.3, 0.4) is 0 Å². The molecule has 0 unspecified atom stereocenters. The smallest absolute Gasteiger partial charge is 0.266 e. The van der Waals surface area contributed by atoms with Crippen LogP contribution in [0.25, 0.3) is 0 Å². The molecule has 0 radical (unpaired) electrons. The van der Waals surface area contributed by atoms with Gasteiger partial charge in [0.15, 0.2) is 0 Å². The number of carbonyl (C=O) groups is 1. The van der Waals surface area contributed by atoms with Crippen LogP contribution in [0.1, 0.15) is 33.1 Å². The van der Waals surface area contributed by atoms with Gasteiger partial charge in [0.2, 0.25) is 0 Å². The highest BCUT2D eigenvalue weighted by Gasteiger charge is 2.33. The van der Waals surface area contributed by atoms with Crippen LogP contribution < -0.4 is 4.90 Å². The molecule has 0 saturated carbocycles. The van der Waals surface area contributed by atoms with Crippen LogP contribution in [0.2, 0.25) is 0 Å². The SMILES string of the molecule is CCN1C(=O)C(=C2C=C(C=C3Sc4ccccc4N3CC)CCC2)SC1=S. The number of thioether (sulfide) groups is 2. The summed E-state index contributed by atoms with van der Waals surface area (Å²) in [6.45, 7) is 5.75. The highest BCUT2D eigenvalue weighted by molar-refractivity contribution is 8.26. The zero-order valence-electron chi connectivity index (χ0n) is 15.5. The fourth-order valence-electron chi connectivity index (χ4n) is 3.66. The van der Waals surface area contributed by atoms with Gasteiger partial charge in [-0.25, -0.2) is 0 Å². The number of amides is 1. The van der Waals surface area contributed by atoms with Crippen molar-refractivity contribution in [3.63, 3.8) is 0 Å². The summed E-state index contributed by atoms with van der Waals surface area (Å²) in [5, 5.41) is 1.27. The number of likely N-dealkylation sites (N-methyl/N-ethyl adjacent to an activating group) is 1. The van der Waals surface area contributed by atoms with Crippen molar-refractivity contribution in [1.29, 1.82) is 0 Å². The summed E-state index contributed by atoms with van der Waals surface area (Å²) in [5.74, 6) is 0.0745. The predicted molar refractivity (Wildman–Crippen MR) is 120 cm³/mol. The lowest BCUT2D eigenvalue weighted by molar-refractivity contribution is -0.122. The molecule has 2 aliphatic heterocycles. The third-order valence-corrected chi connectivity index (χ3v) is 7.61. The van der Waals surface area contributed by atoms with Gasteiger partial charge in [-0.3, -0.25) is 9.69 Å². The van der Waals surface area contributed by atoms with E-state index in [0.29, 0.717) is 10.9 Å². The Morgan fingerprint density at radius 2 is 1.89 bits per heavy atom. The molecule has 1 aromatic rings. The third kappa shape index (κ3) is 3.50. The van der Waals surface area contributed by atoms with Gasteiger partial charge in [-0.1, -0.05) is 54.0 Å². The summed E-state index contributed by atoms with van der Waals surface area (Å²) in [6.07, 6.45) is 7.59. The van der Waals surface area contributed by atoms with Gasteiger partial charge in [-0.2, -0.15) is 0 Å². The molecule has 0 aromatic heterocycles. The number of para-hydroxylation sites is 1. The summed E-state index contributed by atoms with van der Waals surface area (Å²) in [6, 6.07) is 8.55. The van der Waals surface area contributed by atoms with Gasteiger partial charge in [0.1, 0.15) is 4.32 Å². The first-order chi connectivity index (χ1) is 13.1. The monoisotopic (exact) mass is 414 g/mol. The highest BCUT2D eigenvalue weighted by atomic mass is 32.2. The second kappa shape index (κ2) is 7.86. The Hall–Kier alpha value is -1.50. The van der Waals surface area contributed by atoms with Gasteiger partial charge >= 0.3 is 0 Å². The normalized spacial score (nSPS) is 24.1. The number of nitrogens with zero attached hydrogens (tertiary/aromatic N) is 2. The van der Waals surface area contributed by atoms with Gasteiger partial charge in [0.25, 0.3) is 5.91 Å². The average Bonchev–Trinajstić information content (AvgIpc) is 3.17. The van der Waals surface area contributed by atoms with Crippen molar-refractivity contribution in [2.45, 2.75) is 38.0 Å². The first-order valence-corrected chi connectivity index (χ1v) is 11.4. The highest BCUT2D eigenvalue weighted by Crippen LogP contribution is 2.46. The van der Waals surface area contributed by atoms with E-state index in [0.717, 1.165) is 36.3 Å². The van der Waals surface area contributed by atoms with E-state index in [-0.39, 0.29) is 5.91 Å². The molecule has 1 saturated heterocycles. The maximum atomic E-state index is 12.6. The van der Waals surface area contributed by atoms with Gasteiger partial charge in [-0.15, -0.1) is 0 Å². The van der Waals surface area contributed by atoms with Crippen molar-refractivity contribution < 1.29 is 4.79 Å². The molecule has 1 fully saturated rings. The van der Waals surface area contributed by atoms with Crippen molar-refractivity contribution in [3.8, 4) is 0 Å². The van der Waals surface area contributed by atoms with E-state index >= 15 is 0 Å². The molecule has 6 heteroatoms. The predicted octanol–water partition coefficient (Wildman–Crippen LogP) is 5.70. The molecule has 27 heavy (non-hydrogen) atoms. The maximum Gasteiger partial charge on any atom is 0.266 e. The Balaban J connectivity index is 1.65. The first kappa shape index (κ1) is 18.8. The lowest BCUT2D eigenvalue weighted by Crippen LogP contribution is -2.27. The molecule has 2 heterocycles. The van der Waals surface area contributed by atoms with E-state index in [9.17, 15) is 4.79 Å². The molecule has 0 atom stereocenters. The molecular formula is C21H22N2OS3. The molecule has 0 spiro atoms. The zero-order chi connectivity index (χ0) is 19.0. The molecular weight excluding hydrogens is 392 g/mol. The van der Waals surface area contributed by atoms with Gasteiger partial charge in [0.05, 0.1) is 15.6 Å². The first-order valence-electron chi connectivity index (χ1n) is 9.35. The summed E-state index contributed by atoms with van der Waals surface area (Å²) in [5.41, 5.74) is 3.73. The van der Waals surface area contributed by atoms with Crippen LogP contribution in [0.5, 0.6) is 0 Å². The van der Waals surface area contributed by atoms with E-state index in [1.165, 1.54) is 32.9 Å². The maximum absolute atomic E-state index is 12.6. The van der Waals surface area contributed by atoms with Crippen LogP contribution in [0.15, 0.2) is 62.4 Å². The molecule has 3 nitrogen and oxygen atoms in total. The van der Waals surface area contributed by atoms with E-state index in [1.54, 1.807) is 4.90 Å². The zero-order valence-corrected chi connectivity index (χ0v) is 18.0. The molecule has 140 valence electrons. The van der Waals surface area contributed by atoms with Crippen LogP contribution in [0, 0.1) is 0 Å². The van der Waals surface area contributed by atoms with Crippen molar-refractivity contribution >= 4 is 51.7 Å². The van der Waals surface area contributed by atoms with Crippen LogP contribution in [-0.2, 0) is 4.79 Å². The van der Waals surface area contributed by atoms with Crippen molar-refractivity contribution in [1.82, 2.24) is 4.90 Å². The Morgan fingerprint density at radius 3 is 2.63 bits per heavy atom. The molecule has 1 aromatic carbocycles. The number of thiocarbonyl (C=S) groups is 1. The Kier molecular flexibility index (Phi) is 5.48. The number of benzene rings is 1. The van der Waals surface area contributed by atoms with E-state index in [2.05, 4.69) is 48.2 Å². The number of fused-ring (bicyclic) bond motifs is 1. The number of hydrogen-bond acceptors (Lipinski definition) is 5. The van der Waals surface area contributed by atoms with Gasteiger partial charge in [0, 0.05) is 18.0 Å². The molecule has 0 N–H and O–H groups in total. The number of rotatable bonds is 3. The van der Waals surface area contributed by atoms with E-state index in [4.69, 9.17) is 12.2 Å². The largest absolute Gasteiger partial charge is 0.335 e. The Morgan fingerprint density at radius 1 is 1.11 bits per heavy atom. The van der Waals surface area contributed by atoms with Crippen LogP contribution in [0.4, 0.5) is 5.69 Å². The molecule has 4 rings (SSSR count). The van der Waals surface area contributed by atoms with E-state index < -0.39 is 0 Å². The third-order valence-electron chi connectivity index (χ3n) is 4.99. The summed E-state index contributed by atoms with van der Waals surface area (Å²) >= 11 is 8.66. The Labute approximate surface area is 174 Å². The fourth-order valence-corrected chi connectivity index (χ4v) is 6.31. The number of allylic oxidation sites excluding steroid dienone is 4. The summed E-state index contributed by atoms with van der Waals surface area (Å²) in [7, 11) is 0. The van der Waals surface area contributed by atoms with Crippen molar-refractivity contribution in [3.05, 3.63) is 57.5 Å². The Bertz CT molecular complexity index is 900. The molecule has 3 aliphatic rings. The standard InChI is InChI=1S/C21H22N2OS3/c1-3-22-16-10-5-6-11-17(16)26-18(22)13-14-8-7-9-15(12-14)19-20(24)23(4-2)21(25)27-19/h5-6,10-13H,3-4,7-9H2,1-2H3. The van der Waals surface area contributed by atoms with Crippen LogP contribution in [-0.4, -0.2) is 28.2 Å². The number of carbonyl (C=O) groups excluding carboxylic acids is 1. The van der Waals surface area contributed by atoms with Crippen LogP contribution >= 0.6 is 35.7 Å². The fraction of sp³-hybridized carbons (Fsp3) is 0.333. The quantitative estimate of drug-likeness (QED) is 0.466. The van der Waals surface area contributed by atoms with Crippen molar-refractivity contribution in [2.75, 3.05) is 18.0 Å². The lowest BCUT2D eigenvalue weighted by atomic mass is 9.94. The average molecular weight is 415 g/mol. The van der Waals surface area contributed by atoms with Crippen molar-refractivity contribution in [2.24, 2.45) is 0 Å². The lowest BCUT2D eigenvalue weighted by Gasteiger charge is -2.20. The van der Waals surface area contributed by atoms with E-state index in [1.807, 2.05) is 18.7 Å². The van der Waals surface area contributed by atoms with Gasteiger partial charge < -0.3 is 4.90 Å². The summed E-state index contributed by atoms with van der Waals surface area (Å²) in [4.78, 5) is 18.9. The minimum Gasteiger partial charge on any atom is -0.335 e. The topological polar surface area (TPSA) is 23.6 Å². The minimum absolute atomic E-state index is 0.0745.